The smallest absolute Gasteiger partial charge is 0.303 e. The minimum absolute atomic E-state index is 0.0498. The number of carbonyl (C=O) groups excluding carboxylic acids is 17. The number of H-pyrrole nitrogens is 4. The summed E-state index contributed by atoms with van der Waals surface area (Å²) in [7, 11) is 3.88. The fraction of sp³-hybridized carbons (Fsp3) is 0.457. The number of carbonyl (C=O) groups is 18. The number of primary amides is 2. The number of aliphatic hydroxyl groups is 1. The number of ketones is 1. The lowest BCUT2D eigenvalue weighted by molar-refractivity contribution is -0.149. The summed E-state index contributed by atoms with van der Waals surface area (Å²) in [4.78, 5) is 286. The first kappa shape index (κ1) is 105. The summed E-state index contributed by atoms with van der Waals surface area (Å²) in [5.74, 6) is -20.4. The fourth-order valence-corrected chi connectivity index (χ4v) is 18.4. The van der Waals surface area contributed by atoms with Gasteiger partial charge in [-0.2, -0.15) is 0 Å². The zero-order valence-electron chi connectivity index (χ0n) is 77.6. The summed E-state index contributed by atoms with van der Waals surface area (Å²) < 4.78 is 0. The van der Waals surface area contributed by atoms with Crippen LogP contribution >= 0.6 is 11.8 Å². The molecule has 139 heavy (non-hydrogen) atoms. The predicted octanol–water partition coefficient (Wildman–Crippen LogP) is -2.43. The highest BCUT2D eigenvalue weighted by Crippen LogP contribution is 2.31. The lowest BCUT2D eigenvalue weighted by Gasteiger charge is -2.36. The number of amides is 16. The number of aromatic nitrogens is 5. The van der Waals surface area contributed by atoms with Gasteiger partial charge in [0.1, 0.15) is 78.3 Å². The number of phenolic OH excluding ortho intramolecular Hbond substituents is 1. The number of thioether (sulfide) groups is 1. The maximum atomic E-state index is 16.2. The van der Waals surface area contributed by atoms with Crippen LogP contribution in [0.3, 0.4) is 0 Å². The Kier molecular flexibility index (Phi) is 36.9. The van der Waals surface area contributed by atoms with Crippen molar-refractivity contribution in [2.45, 2.75) is 201 Å². The first-order chi connectivity index (χ1) is 66.4. The van der Waals surface area contributed by atoms with Gasteiger partial charge >= 0.3 is 5.97 Å². The number of unbranched alkanes of at least 4 members (excludes halogenated alkanes) is 1. The van der Waals surface area contributed by atoms with Crippen LogP contribution < -0.4 is 70.8 Å². The Morgan fingerprint density at radius 2 is 1.09 bits per heavy atom. The molecule has 4 aromatic carbocycles. The van der Waals surface area contributed by atoms with Crippen LogP contribution in [0.2, 0.25) is 0 Å². The van der Waals surface area contributed by atoms with Crippen LogP contribution in [-0.2, 0) is 118 Å². The SMILES string of the molecule is CCCC[C@H]1C(=O)N[C@@H](CN)C(=O)N[C@H](C(=O)NCC(N)=O)CSCC(=O)N[C@@H](Cc2ccc(O)cc2)C(=O)N(C)[C@@H](C)C(=O)N[C@@H](CC(N)=O)C(=O)N2CCC[C@H]2C(=O)N[C@@H](Cc2c[nH]cn2)C(=O)N[C@@H](CCC(=O)O)C(=O)N2C[C@H](O)C[C@H]2C(=O)C[C@@H](Cc2c[nH]c3ccccc23)C(=O)N[C@@H](CCN)C(=O)N[C@@H](Cc2c[nH]c3ccccc23)C(=O)N(C)[C@@H](Cc2c[nH]c3ccccc23)C(=O)N1C. The van der Waals surface area contributed by atoms with Gasteiger partial charge in [0, 0.05) is 155 Å². The minimum atomic E-state index is -1.82. The number of fused-ring (bicyclic) bond motifs is 5. The Bertz CT molecular complexity index is 5810. The van der Waals surface area contributed by atoms with E-state index in [4.69, 9.17) is 22.9 Å². The second-order valence-electron chi connectivity index (χ2n) is 35.1. The van der Waals surface area contributed by atoms with Gasteiger partial charge in [0.05, 0.1) is 42.9 Å². The number of carboxylic acid groups (broad SMARTS) is 1. The van der Waals surface area contributed by atoms with Crippen molar-refractivity contribution in [1.29, 1.82) is 0 Å². The summed E-state index contributed by atoms with van der Waals surface area (Å²) in [6.45, 7) is 0.738. The van der Waals surface area contributed by atoms with Crippen molar-refractivity contribution in [3.63, 3.8) is 0 Å². The predicted molar refractivity (Wildman–Crippen MR) is 507 cm³/mol. The number of carboxylic acids is 1. The van der Waals surface area contributed by atoms with Crippen molar-refractivity contribution < 1.29 is 102 Å². The van der Waals surface area contributed by atoms with E-state index in [1.165, 1.54) is 64.9 Å². The Balaban J connectivity index is 0.967. The topological polar surface area (TPSA) is 673 Å². The summed E-state index contributed by atoms with van der Waals surface area (Å²) in [6, 6.07) is 5.91. The van der Waals surface area contributed by atoms with Gasteiger partial charge in [0.15, 0.2) is 5.78 Å². The molecule has 0 unspecified atom stereocenters. The molecule has 45 heteroatoms. The van der Waals surface area contributed by atoms with Crippen LogP contribution in [0.5, 0.6) is 5.75 Å². The molecule has 3 aliphatic rings. The number of hydrogen-bond acceptors (Lipinski definition) is 24. The third-order valence-corrected chi connectivity index (χ3v) is 26.4. The first-order valence-corrected chi connectivity index (χ1v) is 47.1. The van der Waals surface area contributed by atoms with Crippen LogP contribution in [0.15, 0.2) is 128 Å². The first-order valence-electron chi connectivity index (χ1n) is 45.9. The average Bonchev–Trinajstić information content (AvgIpc) is 1.77. The number of para-hydroxylation sites is 3. The molecule has 8 aromatic rings. The van der Waals surface area contributed by atoms with E-state index in [1.807, 2.05) is 6.92 Å². The van der Waals surface area contributed by atoms with Crippen LogP contribution in [0.25, 0.3) is 32.7 Å². The number of imidazole rings is 1. The van der Waals surface area contributed by atoms with Crippen molar-refractivity contribution in [2.75, 3.05) is 65.4 Å². The van der Waals surface area contributed by atoms with Crippen LogP contribution in [0.4, 0.5) is 0 Å². The number of aliphatic hydroxyl groups excluding tert-OH is 1. The highest BCUT2D eigenvalue weighted by atomic mass is 32.2. The number of nitrogens with zero attached hydrogens (tertiary/aromatic N) is 6. The molecule has 7 heterocycles. The van der Waals surface area contributed by atoms with Gasteiger partial charge in [0.2, 0.25) is 94.5 Å². The zero-order valence-corrected chi connectivity index (χ0v) is 78.5. The Morgan fingerprint density at radius 1 is 0.532 bits per heavy atom. The lowest BCUT2D eigenvalue weighted by atomic mass is 9.90. The molecule has 11 rings (SSSR count). The molecule has 744 valence electrons. The lowest BCUT2D eigenvalue weighted by Crippen LogP contribution is -2.61. The monoisotopic (exact) mass is 1940 g/mol. The molecule has 3 saturated heterocycles. The van der Waals surface area contributed by atoms with Gasteiger partial charge in [0.25, 0.3) is 0 Å². The maximum absolute atomic E-state index is 16.2. The number of benzene rings is 4. The van der Waals surface area contributed by atoms with E-state index in [0.29, 0.717) is 67.8 Å². The van der Waals surface area contributed by atoms with E-state index in [0.717, 1.165) is 36.3 Å². The van der Waals surface area contributed by atoms with E-state index in [1.54, 1.807) is 91.4 Å². The summed E-state index contributed by atoms with van der Waals surface area (Å²) in [6.07, 6.45) is 1.82. The van der Waals surface area contributed by atoms with Gasteiger partial charge in [-0.1, -0.05) is 86.5 Å². The summed E-state index contributed by atoms with van der Waals surface area (Å²) >= 11 is 0.746. The molecule has 3 aliphatic heterocycles. The third-order valence-electron chi connectivity index (χ3n) is 25.3. The van der Waals surface area contributed by atoms with E-state index in [9.17, 15) is 63.3 Å². The molecule has 44 nitrogen and oxygen atoms in total. The molecular weight excluding hydrogens is 1820 g/mol. The number of hydrogen-bond donors (Lipinski definition) is 20. The second-order valence-corrected chi connectivity index (χ2v) is 36.2. The summed E-state index contributed by atoms with van der Waals surface area (Å²) in [5.41, 5.74) is 27.8. The van der Waals surface area contributed by atoms with Gasteiger partial charge in [-0.25, -0.2) is 4.98 Å². The molecule has 16 amide bonds. The number of aromatic amines is 4. The van der Waals surface area contributed by atoms with Crippen LogP contribution in [0, 0.1) is 5.92 Å². The number of aromatic hydroxyl groups is 1. The standard InChI is InChI=1S/C94H121N23O21S/c1-6-7-21-73-88(132)111-71(40-96)87(131)112-72(84(128)103-45-79(98)122)47-139-48-80(123)105-68(32-51-23-25-57(118)26-24-51)90(134)113(3)50(2)82(126)109-70(39-78(97)121)93(137)116-31-14-22-74(116)89(133)108-67(37-56-44-99-49-104-56)86(130)107-66(27-28-81(124)125)92(136)117-46-58(119)38-75(117)77(120)36-52(33-53-41-100-62-18-11-8-15-59(53)62)83(127)106-65(29-30-95)85(129)110-69(34-54-42-101-63-19-12-9-16-60(54)63)91(135)115(5)76(94(138)114(73)4)35-55-43-102-64-20-13-10-17-61(55)64/h8-13,15-20,23-26,41-44,49-50,52,58,65-76,100-102,118-119H,6-7,14,21-22,27-40,45-48,95-96H2,1-5H3,(H2,97,121)(H2,98,122)(H,99,104)(H,103,128)(H,105,123)(H,106,127)(H,107,130)(H,108,133)(H,109,126)(H,110,129)(H,111,132)(H,112,131)(H,124,125)/t50-,52+,58+,65-,66-,67-,68-,69-,70-,71-,72-,73-,74-,75-,76-/m0/s1. The van der Waals surface area contributed by atoms with E-state index < -0.39 is 266 Å². The van der Waals surface area contributed by atoms with E-state index >= 15 is 38.4 Å². The minimum Gasteiger partial charge on any atom is -0.508 e. The molecule has 0 radical (unpaired) electrons. The van der Waals surface area contributed by atoms with Crippen molar-refractivity contribution in [1.82, 2.24) is 97.3 Å². The number of Topliss-reactive ketones (excluding diaryl/α,β-unsaturated/α-hetero) is 1. The number of nitrogens with two attached hydrogens (primary N) is 4. The molecule has 0 spiro atoms. The normalized spacial score (nSPS) is 24.5. The van der Waals surface area contributed by atoms with Crippen molar-refractivity contribution in [2.24, 2.45) is 28.9 Å². The van der Waals surface area contributed by atoms with Crippen molar-refractivity contribution in [3.8, 4) is 5.75 Å². The number of phenols is 1. The molecule has 4 aromatic heterocycles. The number of rotatable bonds is 24. The van der Waals surface area contributed by atoms with Gasteiger partial charge in [-0.15, -0.1) is 11.8 Å². The molecule has 0 saturated carbocycles. The van der Waals surface area contributed by atoms with Crippen LogP contribution in [0.1, 0.15) is 112 Å². The van der Waals surface area contributed by atoms with Gasteiger partial charge in [-0.3, -0.25) is 86.3 Å². The van der Waals surface area contributed by atoms with E-state index in [2.05, 4.69) is 72.8 Å². The fourth-order valence-electron chi connectivity index (χ4n) is 17.6. The van der Waals surface area contributed by atoms with Crippen LogP contribution in [-0.4, -0.2) is 321 Å². The summed E-state index contributed by atoms with van der Waals surface area (Å²) in [5, 5.41) is 57.3. The molecular formula is C94H121N23O21S. The van der Waals surface area contributed by atoms with Gasteiger partial charge < -0.3 is 131 Å². The largest absolute Gasteiger partial charge is 0.508 e. The third kappa shape index (κ3) is 27.4. The Morgan fingerprint density at radius 3 is 1.68 bits per heavy atom. The maximum Gasteiger partial charge on any atom is 0.303 e. The Labute approximate surface area is 803 Å². The Hall–Kier alpha value is -14.6. The highest BCUT2D eigenvalue weighted by molar-refractivity contribution is 8.00. The quantitative estimate of drug-likeness (QED) is 0.0299. The van der Waals surface area contributed by atoms with Crippen molar-refractivity contribution >= 4 is 151 Å². The van der Waals surface area contributed by atoms with Crippen molar-refractivity contribution in [3.05, 3.63) is 156 Å². The molecule has 0 bridgehead atoms. The number of aliphatic carboxylic acids is 1. The molecule has 24 N–H and O–H groups in total. The highest BCUT2D eigenvalue weighted by Gasteiger charge is 2.47. The molecule has 3 fully saturated rings. The molecule has 0 aliphatic carbocycles. The van der Waals surface area contributed by atoms with Gasteiger partial charge in [-0.05, 0) is 105 Å². The van der Waals surface area contributed by atoms with E-state index in [-0.39, 0.29) is 75.9 Å². The average molecular weight is 1940 g/mol. The number of nitrogens with one attached hydrogen (secondary N) is 13. The second kappa shape index (κ2) is 48.9. The molecule has 15 atom stereocenters. The zero-order chi connectivity index (χ0) is 101. The number of likely N-dealkylation sites (N-methyl/N-ethyl adjacent to an activating group) is 3.